The average Bonchev–Trinajstić information content (AvgIpc) is 2.73. The van der Waals surface area contributed by atoms with E-state index in [9.17, 15) is 4.79 Å². The van der Waals surface area contributed by atoms with Crippen molar-refractivity contribution in [2.75, 3.05) is 6.54 Å². The Hall–Kier alpha value is -1.13. The summed E-state index contributed by atoms with van der Waals surface area (Å²) in [6.07, 6.45) is 3.32. The second kappa shape index (κ2) is 6.16. The molecule has 2 aromatic rings. The van der Waals surface area contributed by atoms with Gasteiger partial charge >= 0.3 is 0 Å². The molecule has 1 amide bonds. The van der Waals surface area contributed by atoms with Gasteiger partial charge in [0.2, 0.25) is 0 Å². The Labute approximate surface area is 115 Å². The Balaban J connectivity index is 2.03. The molecule has 0 radical (unpaired) electrons. The highest BCUT2D eigenvalue weighted by molar-refractivity contribution is 7.22. The average molecular weight is 283 g/mol. The van der Waals surface area contributed by atoms with Crippen LogP contribution in [0.5, 0.6) is 0 Å². The number of carbonyl (C=O) groups excluding carboxylic acids is 1. The number of nitrogens with zero attached hydrogens (tertiary/aromatic N) is 1. The van der Waals surface area contributed by atoms with Gasteiger partial charge in [0.25, 0.3) is 5.91 Å². The third-order valence-electron chi connectivity index (χ3n) is 2.69. The Bertz CT molecular complexity index is 553. The van der Waals surface area contributed by atoms with Crippen LogP contribution in [-0.2, 0) is 0 Å². The van der Waals surface area contributed by atoms with Gasteiger partial charge in [-0.25, -0.2) is 4.98 Å². The summed E-state index contributed by atoms with van der Waals surface area (Å²) in [7, 11) is 0. The smallest absolute Gasteiger partial charge is 0.251 e. The molecule has 3 nitrogen and oxygen atoms in total. The molecule has 0 saturated carbocycles. The summed E-state index contributed by atoms with van der Waals surface area (Å²) in [6, 6.07) is 5.46. The fourth-order valence-corrected chi connectivity index (χ4v) is 2.79. The van der Waals surface area contributed by atoms with E-state index >= 15 is 0 Å². The van der Waals surface area contributed by atoms with E-state index in [1.54, 1.807) is 6.07 Å². The van der Waals surface area contributed by atoms with Gasteiger partial charge in [-0.2, -0.15) is 0 Å². The highest BCUT2D eigenvalue weighted by Crippen LogP contribution is 2.26. The number of amides is 1. The van der Waals surface area contributed by atoms with Gasteiger partial charge in [0.15, 0.2) is 4.47 Å². The molecule has 0 unspecified atom stereocenters. The normalized spacial score (nSPS) is 10.8. The predicted molar refractivity (Wildman–Crippen MR) is 76.5 cm³/mol. The summed E-state index contributed by atoms with van der Waals surface area (Å²) in [5.74, 6) is -0.0301. The van der Waals surface area contributed by atoms with Gasteiger partial charge in [-0.1, -0.05) is 31.4 Å². The molecule has 0 atom stereocenters. The molecule has 18 heavy (non-hydrogen) atoms. The third kappa shape index (κ3) is 3.21. The minimum atomic E-state index is -0.0301. The minimum Gasteiger partial charge on any atom is -0.352 e. The van der Waals surface area contributed by atoms with Crippen LogP contribution in [0.4, 0.5) is 0 Å². The molecule has 0 bridgehead atoms. The lowest BCUT2D eigenvalue weighted by Gasteiger charge is -2.04. The van der Waals surface area contributed by atoms with Gasteiger partial charge in [-0.05, 0) is 24.6 Å². The first kappa shape index (κ1) is 13.3. The molecule has 5 heteroatoms. The second-order valence-electron chi connectivity index (χ2n) is 4.11. The Morgan fingerprint density at radius 2 is 2.28 bits per heavy atom. The molecule has 0 saturated heterocycles. The van der Waals surface area contributed by atoms with Gasteiger partial charge in [-0.15, -0.1) is 11.3 Å². The summed E-state index contributed by atoms with van der Waals surface area (Å²) in [4.78, 5) is 16.1. The number of fused-ring (bicyclic) bond motifs is 1. The van der Waals surface area contributed by atoms with Crippen LogP contribution >= 0.6 is 22.9 Å². The number of thiazole rings is 1. The van der Waals surface area contributed by atoms with E-state index in [0.29, 0.717) is 10.0 Å². The van der Waals surface area contributed by atoms with Crippen molar-refractivity contribution >= 4 is 39.1 Å². The maximum absolute atomic E-state index is 11.9. The molecule has 1 N–H and O–H groups in total. The first-order valence-electron chi connectivity index (χ1n) is 6.05. The van der Waals surface area contributed by atoms with Crippen LogP contribution in [-0.4, -0.2) is 17.4 Å². The monoisotopic (exact) mass is 282 g/mol. The van der Waals surface area contributed by atoms with E-state index < -0.39 is 0 Å². The molecule has 1 aromatic heterocycles. The lowest BCUT2D eigenvalue weighted by Crippen LogP contribution is -2.24. The molecule has 2 rings (SSSR count). The molecule has 0 aliphatic carbocycles. The lowest BCUT2D eigenvalue weighted by molar-refractivity contribution is 0.0953. The standard InChI is InChI=1S/C13H15ClN2OS/c1-2-3-4-7-15-12(17)9-5-6-10-11(8-9)18-13(14)16-10/h5-6,8H,2-4,7H2,1H3,(H,15,17). The van der Waals surface area contributed by atoms with E-state index in [2.05, 4.69) is 17.2 Å². The van der Waals surface area contributed by atoms with Crippen molar-refractivity contribution in [1.29, 1.82) is 0 Å². The number of aromatic nitrogens is 1. The van der Waals surface area contributed by atoms with Crippen LogP contribution in [0.25, 0.3) is 10.2 Å². The fourth-order valence-electron chi connectivity index (χ4n) is 1.72. The number of unbranched alkanes of at least 4 members (excludes halogenated alkanes) is 2. The number of hydrogen-bond donors (Lipinski definition) is 1. The zero-order valence-electron chi connectivity index (χ0n) is 10.2. The van der Waals surface area contributed by atoms with Crippen LogP contribution < -0.4 is 5.32 Å². The Morgan fingerprint density at radius 1 is 1.44 bits per heavy atom. The lowest BCUT2D eigenvalue weighted by atomic mass is 10.2. The molecule has 1 heterocycles. The summed E-state index contributed by atoms with van der Waals surface area (Å²) in [5.41, 5.74) is 1.51. The number of hydrogen-bond acceptors (Lipinski definition) is 3. The molecule has 0 spiro atoms. The van der Waals surface area contributed by atoms with Crippen molar-refractivity contribution in [2.45, 2.75) is 26.2 Å². The van der Waals surface area contributed by atoms with E-state index in [0.717, 1.165) is 36.0 Å². The summed E-state index contributed by atoms with van der Waals surface area (Å²) < 4.78 is 1.45. The van der Waals surface area contributed by atoms with E-state index in [4.69, 9.17) is 11.6 Å². The summed E-state index contributed by atoms with van der Waals surface area (Å²) in [6.45, 7) is 2.87. The molecule has 0 aliphatic rings. The van der Waals surface area contributed by atoms with Crippen LogP contribution in [0.2, 0.25) is 4.47 Å². The maximum Gasteiger partial charge on any atom is 0.251 e. The summed E-state index contributed by atoms with van der Waals surface area (Å²) in [5, 5.41) is 2.92. The molecular weight excluding hydrogens is 268 g/mol. The van der Waals surface area contributed by atoms with Crippen molar-refractivity contribution in [3.05, 3.63) is 28.2 Å². The molecule has 0 aliphatic heterocycles. The number of nitrogens with one attached hydrogen (secondary N) is 1. The van der Waals surface area contributed by atoms with E-state index in [1.807, 2.05) is 12.1 Å². The fraction of sp³-hybridized carbons (Fsp3) is 0.385. The van der Waals surface area contributed by atoms with Crippen LogP contribution in [0.3, 0.4) is 0 Å². The first-order valence-corrected chi connectivity index (χ1v) is 7.24. The number of carbonyl (C=O) groups is 1. The van der Waals surface area contributed by atoms with Crippen molar-refractivity contribution in [1.82, 2.24) is 10.3 Å². The first-order chi connectivity index (χ1) is 8.70. The maximum atomic E-state index is 11.9. The molecule has 0 fully saturated rings. The van der Waals surface area contributed by atoms with Crippen molar-refractivity contribution < 1.29 is 4.79 Å². The van der Waals surface area contributed by atoms with Crippen molar-refractivity contribution in [3.63, 3.8) is 0 Å². The van der Waals surface area contributed by atoms with Gasteiger partial charge in [0, 0.05) is 12.1 Å². The van der Waals surface area contributed by atoms with Gasteiger partial charge in [-0.3, -0.25) is 4.79 Å². The van der Waals surface area contributed by atoms with Crippen LogP contribution in [0, 0.1) is 0 Å². The van der Waals surface area contributed by atoms with Crippen LogP contribution in [0.15, 0.2) is 18.2 Å². The second-order valence-corrected chi connectivity index (χ2v) is 5.73. The minimum absolute atomic E-state index is 0.0301. The molecular formula is C13H15ClN2OS. The van der Waals surface area contributed by atoms with E-state index in [-0.39, 0.29) is 5.91 Å². The van der Waals surface area contributed by atoms with Crippen molar-refractivity contribution in [3.8, 4) is 0 Å². The molecule has 96 valence electrons. The zero-order valence-corrected chi connectivity index (χ0v) is 11.8. The Morgan fingerprint density at radius 3 is 3.06 bits per heavy atom. The topological polar surface area (TPSA) is 42.0 Å². The summed E-state index contributed by atoms with van der Waals surface area (Å²) >= 11 is 7.23. The number of benzene rings is 1. The quantitative estimate of drug-likeness (QED) is 0.846. The SMILES string of the molecule is CCCCCNC(=O)c1ccc2nc(Cl)sc2c1. The number of rotatable bonds is 5. The van der Waals surface area contributed by atoms with E-state index in [1.165, 1.54) is 11.3 Å². The van der Waals surface area contributed by atoms with Gasteiger partial charge < -0.3 is 5.32 Å². The third-order valence-corrected chi connectivity index (χ3v) is 3.81. The van der Waals surface area contributed by atoms with Crippen molar-refractivity contribution in [2.24, 2.45) is 0 Å². The molecule has 1 aromatic carbocycles. The highest BCUT2D eigenvalue weighted by Gasteiger charge is 2.08. The number of halogens is 1. The van der Waals surface area contributed by atoms with Gasteiger partial charge in [0.05, 0.1) is 10.2 Å². The highest BCUT2D eigenvalue weighted by atomic mass is 35.5. The van der Waals surface area contributed by atoms with Gasteiger partial charge in [0.1, 0.15) is 0 Å². The predicted octanol–water partition coefficient (Wildman–Crippen LogP) is 3.87. The van der Waals surface area contributed by atoms with Crippen LogP contribution in [0.1, 0.15) is 36.5 Å². The zero-order chi connectivity index (χ0) is 13.0. The largest absolute Gasteiger partial charge is 0.352 e. The Kier molecular flexibility index (Phi) is 4.55.